The van der Waals surface area contributed by atoms with Crippen LogP contribution in [0.25, 0.3) is 0 Å². The Morgan fingerprint density at radius 2 is 1.75 bits per heavy atom. The molecule has 0 unspecified atom stereocenters. The molecule has 0 aliphatic carbocycles. The summed E-state index contributed by atoms with van der Waals surface area (Å²) in [6.07, 6.45) is 0. The predicted molar refractivity (Wildman–Crippen MR) is 12.8 cm³/mol. The van der Waals surface area contributed by atoms with Gasteiger partial charge in [0.15, 0.2) is 0 Å². The van der Waals surface area contributed by atoms with Crippen LogP contribution in [0.5, 0.6) is 0 Å². The molecule has 0 fully saturated rings. The molecular weight excluding hydrogens is 73.5 g/mol. The molecule has 1 nitrogen and oxygen atoms in total. The van der Waals surface area contributed by atoms with Crippen LogP contribution in [-0.4, -0.2) is 5.87 Å². The molecule has 0 aromatic heterocycles. The Hall–Kier alpha value is -0.260. The molecule has 0 rings (SSSR count). The highest BCUT2D eigenvalue weighted by molar-refractivity contribution is 5.42. The average Bonchev–Trinajstić information content (AvgIpc) is 0.918. The van der Waals surface area contributed by atoms with Crippen LogP contribution in [0.4, 0.5) is 0 Å². The second-order valence-corrected chi connectivity index (χ2v) is 0.158. The van der Waals surface area contributed by atoms with Crippen LogP contribution in [0, 0.1) is 0 Å². The first-order valence-corrected chi connectivity index (χ1v) is 0.577. The second kappa shape index (κ2) is 15.1. The Labute approximate surface area is 31.3 Å². The molecule has 0 saturated carbocycles. The first-order valence-electron chi connectivity index (χ1n) is 0.577. The average molecular weight is 75.5 g/mol. The van der Waals surface area contributed by atoms with Crippen LogP contribution in [0.15, 0.2) is 6.58 Å². The van der Waals surface area contributed by atoms with Gasteiger partial charge in [0.1, 0.15) is 0 Å². The fraction of sp³-hybridized carbons (Fsp3) is 0. The van der Waals surface area contributed by atoms with Crippen molar-refractivity contribution in [3.05, 3.63) is 6.58 Å². The number of hydrogen-bond acceptors (Lipinski definition) is 0. The molecule has 2 heteroatoms. The topological polar surface area (TPSA) is 22.3 Å². The van der Waals surface area contributed by atoms with E-state index < -0.39 is 0 Å². The minimum Gasteiger partial charge on any atom is -1.00 e. The van der Waals surface area contributed by atoms with Gasteiger partial charge in [-0.3, -0.25) is 0 Å². The van der Waals surface area contributed by atoms with E-state index in [4.69, 9.17) is 5.41 Å². The molecule has 22 valence electrons. The Kier molecular flexibility index (Phi) is 35.1. The minimum atomic E-state index is 0. The molecule has 0 bridgehead atoms. The van der Waals surface area contributed by atoms with Crippen molar-refractivity contribution in [2.24, 2.45) is 0 Å². The summed E-state index contributed by atoms with van der Waals surface area (Å²) in [5.74, 6) is 1.50. The minimum absolute atomic E-state index is 0. The second-order valence-electron chi connectivity index (χ2n) is 0.158. The highest BCUT2D eigenvalue weighted by Gasteiger charge is 1.33. The maximum absolute atomic E-state index is 7.21. The lowest BCUT2D eigenvalue weighted by Crippen LogP contribution is -3.00. The zero-order valence-corrected chi connectivity index (χ0v) is 2.79. The van der Waals surface area contributed by atoms with Gasteiger partial charge in [0.25, 0.3) is 0 Å². The van der Waals surface area contributed by atoms with E-state index in [1.807, 2.05) is 0 Å². The van der Waals surface area contributed by atoms with Gasteiger partial charge in [-0.25, -0.2) is 0 Å². The van der Waals surface area contributed by atoms with Gasteiger partial charge in [0, 0.05) is 6.58 Å². The maximum atomic E-state index is 7.21. The van der Waals surface area contributed by atoms with Crippen LogP contribution < -0.4 is 17.8 Å². The summed E-state index contributed by atoms with van der Waals surface area (Å²) in [5, 5.41) is 7.21. The van der Waals surface area contributed by atoms with Gasteiger partial charge in [-0.15, -0.1) is 0 Å². The smallest absolute Gasteiger partial charge is 0.496 e. The van der Waals surface area contributed by atoms with Gasteiger partial charge >= 0.3 is 11.3 Å². The fourth-order valence-corrected chi connectivity index (χ4v) is 0. The van der Waals surface area contributed by atoms with Gasteiger partial charge in [0.05, 0.1) is 0 Å². The van der Waals surface area contributed by atoms with Crippen molar-refractivity contribution in [2.75, 3.05) is 0 Å². The molecule has 0 atom stereocenters. The molecule has 0 aromatic rings. The van der Waals surface area contributed by atoms with E-state index in [-0.39, 0.29) is 12.4 Å². The molecular formula is C2H2ClN. The summed E-state index contributed by atoms with van der Waals surface area (Å²) < 4.78 is 0. The first-order chi connectivity index (χ1) is 1.41. The van der Waals surface area contributed by atoms with Gasteiger partial charge in [-0.1, -0.05) is 0 Å². The lowest BCUT2D eigenvalue weighted by molar-refractivity contribution is -0.000000800. The van der Waals surface area contributed by atoms with E-state index in [9.17, 15) is 0 Å². The van der Waals surface area contributed by atoms with Gasteiger partial charge in [-0.05, 0) is 0 Å². The summed E-state index contributed by atoms with van der Waals surface area (Å²) in [4.78, 5) is 0. The van der Waals surface area contributed by atoms with Crippen molar-refractivity contribution in [3.63, 3.8) is 0 Å². The summed E-state index contributed by atoms with van der Waals surface area (Å²) in [5.41, 5.74) is 0. The third-order valence-electron chi connectivity index (χ3n) is 0. The zero-order valence-electron chi connectivity index (χ0n) is 2.03. The van der Waals surface area contributed by atoms with Gasteiger partial charge < -0.3 is 12.4 Å². The standard InChI is InChI=1S/C2H2N.ClH/c1-2-3;/h1H2;1H/q+1;/p-1. The van der Waals surface area contributed by atoms with Crippen LogP contribution in [-0.2, 0) is 0 Å². The largest absolute Gasteiger partial charge is 1.00 e. The molecule has 0 N–H and O–H groups in total. The Morgan fingerprint density at radius 3 is 1.75 bits per heavy atom. The molecule has 0 aliphatic rings. The van der Waals surface area contributed by atoms with E-state index in [2.05, 4.69) is 6.58 Å². The van der Waals surface area contributed by atoms with Crippen molar-refractivity contribution >= 4 is 5.87 Å². The van der Waals surface area contributed by atoms with Crippen molar-refractivity contribution in [2.45, 2.75) is 0 Å². The Bertz CT molecular complexity index is 27.0. The quantitative estimate of drug-likeness (QED) is 0.269. The Morgan fingerprint density at radius 1 is 1.75 bits per heavy atom. The molecule has 0 heterocycles. The third-order valence-corrected chi connectivity index (χ3v) is 0. The van der Waals surface area contributed by atoms with Crippen molar-refractivity contribution in [3.8, 4) is 0 Å². The third kappa shape index (κ3) is 14.1. The predicted octanol–water partition coefficient (Wildman–Crippen LogP) is -3.35. The lowest BCUT2D eigenvalue weighted by Gasteiger charge is -1.00. The van der Waals surface area contributed by atoms with E-state index in [1.54, 1.807) is 0 Å². The fourth-order valence-electron chi connectivity index (χ4n) is 0. The van der Waals surface area contributed by atoms with E-state index in [0.29, 0.717) is 0 Å². The summed E-state index contributed by atoms with van der Waals surface area (Å²) in [6, 6.07) is 0. The van der Waals surface area contributed by atoms with Crippen molar-refractivity contribution in [1.82, 2.24) is 5.41 Å². The van der Waals surface area contributed by atoms with Crippen LogP contribution in [0.3, 0.4) is 0 Å². The normalized spacial score (nSPS) is 2.00. The number of hydrogen-bond donors (Lipinski definition) is 0. The molecule has 0 amide bonds. The molecule has 4 heavy (non-hydrogen) atoms. The van der Waals surface area contributed by atoms with Crippen LogP contribution >= 0.6 is 0 Å². The van der Waals surface area contributed by atoms with Crippen LogP contribution in [0.2, 0.25) is 0 Å². The van der Waals surface area contributed by atoms with E-state index >= 15 is 0 Å². The lowest BCUT2D eigenvalue weighted by atomic mass is 11.2. The van der Waals surface area contributed by atoms with Crippen molar-refractivity contribution < 1.29 is 12.4 Å². The van der Waals surface area contributed by atoms with E-state index in [0.717, 1.165) is 0 Å². The molecule has 0 saturated heterocycles. The van der Waals surface area contributed by atoms with Gasteiger partial charge in [-0.2, -0.15) is 0 Å². The van der Waals surface area contributed by atoms with Gasteiger partial charge in [0.2, 0.25) is 0 Å². The molecule has 0 aromatic carbocycles. The highest BCUT2D eigenvalue weighted by atomic mass is 35.5. The zero-order chi connectivity index (χ0) is 2.71. The summed E-state index contributed by atoms with van der Waals surface area (Å²) >= 11 is 0. The van der Waals surface area contributed by atoms with E-state index in [1.165, 1.54) is 5.87 Å². The summed E-state index contributed by atoms with van der Waals surface area (Å²) in [7, 11) is 0. The first kappa shape index (κ1) is 9.27. The Balaban J connectivity index is 0. The monoisotopic (exact) mass is 75.0 g/mol. The maximum Gasteiger partial charge on any atom is 0.496 e. The van der Waals surface area contributed by atoms with Crippen LogP contribution in [0.1, 0.15) is 0 Å². The highest BCUT2D eigenvalue weighted by Crippen LogP contribution is 0.836. The number of rotatable bonds is 0. The molecule has 0 aliphatic heterocycles. The summed E-state index contributed by atoms with van der Waals surface area (Å²) in [6.45, 7) is 2.79. The number of nitrogens with zero attached hydrogens (tertiary/aromatic N) is 1. The molecule has 0 spiro atoms. The van der Waals surface area contributed by atoms with Crippen molar-refractivity contribution in [1.29, 1.82) is 0 Å². The SMILES string of the molecule is C=C=[N+].[Cl-]. The number of halogens is 1. The molecule has 2 radical (unpaired) electrons.